The molecule has 84 valence electrons. The van der Waals surface area contributed by atoms with Crippen molar-refractivity contribution in [3.8, 4) is 11.6 Å². The average Bonchev–Trinajstić information content (AvgIpc) is 2.55. The van der Waals surface area contributed by atoms with E-state index in [0.29, 0.717) is 14.9 Å². The molecule has 8 heteroatoms. The maximum absolute atomic E-state index is 13.1. The molecule has 0 aliphatic heterocycles. The molecule has 0 saturated heterocycles. The predicted molar refractivity (Wildman–Crippen MR) is 65.1 cm³/mol. The van der Waals surface area contributed by atoms with Crippen LogP contribution < -0.4 is 0 Å². The molecule has 2 rings (SSSR count). The molecule has 2 heterocycles. The number of rotatable bonds is 1. The van der Waals surface area contributed by atoms with Crippen LogP contribution in [0, 0.1) is 5.82 Å². The van der Waals surface area contributed by atoms with E-state index < -0.39 is 5.82 Å². The number of halogens is 5. The molecule has 0 aliphatic rings. The highest BCUT2D eigenvalue weighted by molar-refractivity contribution is 9.13. The van der Waals surface area contributed by atoms with Gasteiger partial charge >= 0.3 is 0 Å². The summed E-state index contributed by atoms with van der Waals surface area (Å²) in [7, 11) is 0. The van der Waals surface area contributed by atoms with Crippen LogP contribution in [-0.4, -0.2) is 9.97 Å². The van der Waals surface area contributed by atoms with E-state index in [1.807, 2.05) is 0 Å². The third kappa shape index (κ3) is 2.25. The first kappa shape index (κ1) is 12.3. The molecule has 0 aromatic carbocycles. The van der Waals surface area contributed by atoms with E-state index >= 15 is 0 Å². The van der Waals surface area contributed by atoms with Gasteiger partial charge in [0.2, 0.25) is 0 Å². The predicted octanol–water partition coefficient (Wildman–Crippen LogP) is 4.71. The van der Waals surface area contributed by atoms with Crippen molar-refractivity contribution in [1.29, 1.82) is 0 Å². The number of furan rings is 1. The molecule has 0 bridgehead atoms. The Bertz CT molecular complexity index is 518. The summed E-state index contributed by atoms with van der Waals surface area (Å²) < 4.78 is 19.5. The molecule has 0 aliphatic carbocycles. The van der Waals surface area contributed by atoms with Crippen molar-refractivity contribution in [1.82, 2.24) is 9.97 Å². The highest BCUT2D eigenvalue weighted by Gasteiger charge is 2.16. The van der Waals surface area contributed by atoms with E-state index in [2.05, 4.69) is 41.8 Å². The minimum atomic E-state index is -0.850. The second-order valence-corrected chi connectivity index (χ2v) is 4.97. The van der Waals surface area contributed by atoms with Crippen LogP contribution >= 0.6 is 55.1 Å². The van der Waals surface area contributed by atoms with E-state index in [1.54, 1.807) is 6.07 Å². The summed E-state index contributed by atoms with van der Waals surface area (Å²) in [5.74, 6) is -0.415. The second-order valence-electron chi connectivity index (χ2n) is 2.68. The summed E-state index contributed by atoms with van der Waals surface area (Å²) in [5.41, 5.74) is 0. The van der Waals surface area contributed by atoms with Crippen LogP contribution in [0.15, 0.2) is 19.6 Å². The van der Waals surface area contributed by atoms with E-state index in [1.165, 1.54) is 0 Å². The summed E-state index contributed by atoms with van der Waals surface area (Å²) in [5, 5.41) is -0.697. The van der Waals surface area contributed by atoms with Crippen molar-refractivity contribution in [2.75, 3.05) is 0 Å². The molecule has 3 nitrogen and oxygen atoms in total. The van der Waals surface area contributed by atoms with E-state index in [0.717, 1.165) is 0 Å². The van der Waals surface area contributed by atoms with Gasteiger partial charge in [-0.2, -0.15) is 0 Å². The topological polar surface area (TPSA) is 38.9 Å². The maximum atomic E-state index is 13.1. The molecule has 0 amide bonds. The van der Waals surface area contributed by atoms with Gasteiger partial charge in [0, 0.05) is 6.07 Å². The van der Waals surface area contributed by atoms with Gasteiger partial charge in [0.25, 0.3) is 0 Å². The fourth-order valence-corrected chi connectivity index (χ4v) is 1.93. The first-order chi connectivity index (χ1) is 7.49. The summed E-state index contributed by atoms with van der Waals surface area (Å²) in [6, 6.07) is 1.62. The molecule has 2 aromatic heterocycles. The third-order valence-corrected chi connectivity index (χ3v) is 3.85. The molecule has 0 radical (unpaired) electrons. The molecule has 2 aromatic rings. The molecule has 16 heavy (non-hydrogen) atoms. The van der Waals surface area contributed by atoms with Crippen molar-refractivity contribution in [3.63, 3.8) is 0 Å². The SMILES string of the molecule is Fc1c(Cl)nc(-c2cc(Br)c(Br)o2)nc1Cl. The van der Waals surface area contributed by atoms with Gasteiger partial charge in [-0.3, -0.25) is 0 Å². The van der Waals surface area contributed by atoms with Crippen LogP contribution in [0.2, 0.25) is 10.3 Å². The van der Waals surface area contributed by atoms with Crippen LogP contribution in [0.25, 0.3) is 11.6 Å². The summed E-state index contributed by atoms with van der Waals surface area (Å²) >= 11 is 17.5. The number of hydrogen-bond donors (Lipinski definition) is 0. The fraction of sp³-hybridized carbons (Fsp3) is 0. The van der Waals surface area contributed by atoms with E-state index in [9.17, 15) is 4.39 Å². The lowest BCUT2D eigenvalue weighted by Crippen LogP contribution is -1.93. The van der Waals surface area contributed by atoms with Gasteiger partial charge in [0.15, 0.2) is 32.4 Å². The van der Waals surface area contributed by atoms with Gasteiger partial charge in [-0.05, 0) is 31.9 Å². The quantitative estimate of drug-likeness (QED) is 0.662. The molecule has 0 saturated carbocycles. The number of hydrogen-bond acceptors (Lipinski definition) is 3. The Morgan fingerprint density at radius 1 is 1.19 bits per heavy atom. The average molecular weight is 391 g/mol. The molecule has 0 fully saturated rings. The number of aromatic nitrogens is 2. The largest absolute Gasteiger partial charge is 0.445 e. The molecule has 0 N–H and O–H groups in total. The fourth-order valence-electron chi connectivity index (χ4n) is 0.961. The van der Waals surface area contributed by atoms with Gasteiger partial charge < -0.3 is 4.42 Å². The van der Waals surface area contributed by atoms with Crippen LogP contribution in [0.3, 0.4) is 0 Å². The minimum Gasteiger partial charge on any atom is -0.445 e. The smallest absolute Gasteiger partial charge is 0.198 e. The third-order valence-electron chi connectivity index (χ3n) is 1.64. The lowest BCUT2D eigenvalue weighted by molar-refractivity contribution is 0.547. The van der Waals surface area contributed by atoms with E-state index in [4.69, 9.17) is 27.6 Å². The van der Waals surface area contributed by atoms with Gasteiger partial charge in [0.05, 0.1) is 4.47 Å². The molecular formula is C8HBr2Cl2FN2O. The Morgan fingerprint density at radius 3 is 2.19 bits per heavy atom. The molecule has 0 unspecified atom stereocenters. The first-order valence-corrected chi connectivity index (χ1v) is 6.17. The van der Waals surface area contributed by atoms with Crippen molar-refractivity contribution < 1.29 is 8.81 Å². The monoisotopic (exact) mass is 388 g/mol. The lowest BCUT2D eigenvalue weighted by atomic mass is 10.4. The van der Waals surface area contributed by atoms with Crippen molar-refractivity contribution in [3.05, 3.63) is 31.3 Å². The zero-order valence-corrected chi connectivity index (χ0v) is 12.0. The van der Waals surface area contributed by atoms with Crippen molar-refractivity contribution in [2.45, 2.75) is 0 Å². The van der Waals surface area contributed by atoms with E-state index in [-0.39, 0.29) is 16.1 Å². The number of nitrogens with zero attached hydrogens (tertiary/aromatic N) is 2. The van der Waals surface area contributed by atoms with Crippen LogP contribution in [-0.2, 0) is 0 Å². The molecular weight excluding hydrogens is 390 g/mol. The Kier molecular flexibility index (Phi) is 3.53. The Balaban J connectivity index is 2.56. The summed E-state index contributed by atoms with van der Waals surface area (Å²) in [4.78, 5) is 7.44. The summed E-state index contributed by atoms with van der Waals surface area (Å²) in [6.07, 6.45) is 0. The second kappa shape index (κ2) is 4.60. The highest BCUT2D eigenvalue weighted by atomic mass is 79.9. The Morgan fingerprint density at radius 2 is 1.75 bits per heavy atom. The zero-order valence-electron chi connectivity index (χ0n) is 7.27. The standard InChI is InChI=1S/C8HBr2Cl2FN2O/c9-2-1-3(16-5(2)10)8-14-6(11)4(13)7(12)15-8/h1H. The van der Waals surface area contributed by atoms with Gasteiger partial charge in [-0.15, -0.1) is 0 Å². The molecule has 0 atom stereocenters. The van der Waals surface area contributed by atoms with Crippen LogP contribution in [0.4, 0.5) is 4.39 Å². The highest BCUT2D eigenvalue weighted by Crippen LogP contribution is 2.32. The Hall–Kier alpha value is -0.170. The lowest BCUT2D eigenvalue weighted by Gasteiger charge is -1.99. The Labute approximate surface area is 116 Å². The van der Waals surface area contributed by atoms with Crippen LogP contribution in [0.5, 0.6) is 0 Å². The maximum Gasteiger partial charge on any atom is 0.198 e. The minimum absolute atomic E-state index is 0.114. The first-order valence-electron chi connectivity index (χ1n) is 3.82. The zero-order chi connectivity index (χ0) is 11.9. The molecule has 0 spiro atoms. The van der Waals surface area contributed by atoms with Crippen LogP contribution in [0.1, 0.15) is 0 Å². The van der Waals surface area contributed by atoms with Gasteiger partial charge in [0.1, 0.15) is 0 Å². The van der Waals surface area contributed by atoms with Gasteiger partial charge in [-0.1, -0.05) is 23.2 Å². The summed E-state index contributed by atoms with van der Waals surface area (Å²) in [6.45, 7) is 0. The van der Waals surface area contributed by atoms with Crippen molar-refractivity contribution >= 4 is 55.1 Å². The van der Waals surface area contributed by atoms with Crippen molar-refractivity contribution in [2.24, 2.45) is 0 Å². The van der Waals surface area contributed by atoms with Gasteiger partial charge in [-0.25, -0.2) is 14.4 Å². The normalized spacial score (nSPS) is 10.8.